The van der Waals surface area contributed by atoms with E-state index in [-0.39, 0.29) is 11.7 Å². The number of hydrogen-bond donors (Lipinski definition) is 1. The van der Waals surface area contributed by atoms with Crippen molar-refractivity contribution in [3.05, 3.63) is 48.6 Å². The van der Waals surface area contributed by atoms with Crippen LogP contribution in [-0.4, -0.2) is 18.2 Å². The quantitative estimate of drug-likeness (QED) is 0.836. The monoisotopic (exact) mass is 271 g/mol. The fraction of sp³-hybridized carbons (Fsp3) is 0.412. The number of carbonyl (C=O) groups is 2. The molecule has 0 aliphatic heterocycles. The van der Waals surface area contributed by atoms with Gasteiger partial charge in [-0.3, -0.25) is 9.59 Å². The summed E-state index contributed by atoms with van der Waals surface area (Å²) in [6.45, 7) is 4.16. The summed E-state index contributed by atoms with van der Waals surface area (Å²) in [7, 11) is 0. The van der Waals surface area contributed by atoms with Crippen molar-refractivity contribution >= 4 is 11.7 Å². The van der Waals surface area contributed by atoms with E-state index in [9.17, 15) is 9.59 Å². The molecular formula is C17H21NO2. The van der Waals surface area contributed by atoms with Crippen LogP contribution in [-0.2, 0) is 4.79 Å². The first kappa shape index (κ1) is 14.5. The zero-order valence-corrected chi connectivity index (χ0v) is 11.7. The van der Waals surface area contributed by atoms with Crippen molar-refractivity contribution in [1.29, 1.82) is 0 Å². The van der Waals surface area contributed by atoms with Gasteiger partial charge in [-0.1, -0.05) is 30.7 Å². The molecule has 0 bridgehead atoms. The summed E-state index contributed by atoms with van der Waals surface area (Å²) in [4.78, 5) is 24.3. The van der Waals surface area contributed by atoms with Gasteiger partial charge >= 0.3 is 0 Å². The zero-order valence-electron chi connectivity index (χ0n) is 11.7. The molecule has 1 aromatic rings. The van der Waals surface area contributed by atoms with Gasteiger partial charge in [0.2, 0.25) is 0 Å². The summed E-state index contributed by atoms with van der Waals surface area (Å²) in [6, 6.07) is 9.09. The van der Waals surface area contributed by atoms with Gasteiger partial charge in [-0.05, 0) is 31.4 Å². The molecule has 0 spiro atoms. The SMILES string of the molecule is C=CC[C@]1(CNC(=O)c2ccccc2)CCCCC1=O. The molecule has 20 heavy (non-hydrogen) atoms. The van der Waals surface area contributed by atoms with Crippen LogP contribution in [0.5, 0.6) is 0 Å². The molecule has 0 saturated heterocycles. The van der Waals surface area contributed by atoms with Gasteiger partial charge in [0.1, 0.15) is 5.78 Å². The maximum Gasteiger partial charge on any atom is 0.251 e. The Labute approximate surface area is 120 Å². The number of nitrogens with one attached hydrogen (secondary N) is 1. The highest BCUT2D eigenvalue weighted by atomic mass is 16.2. The smallest absolute Gasteiger partial charge is 0.251 e. The summed E-state index contributed by atoms with van der Waals surface area (Å²) in [5.41, 5.74) is 0.189. The summed E-state index contributed by atoms with van der Waals surface area (Å²) in [5, 5.41) is 2.92. The molecule has 1 aromatic carbocycles. The number of Topliss-reactive ketones (excluding diaryl/α,β-unsaturated/α-hetero) is 1. The number of rotatable bonds is 5. The summed E-state index contributed by atoms with van der Waals surface area (Å²) >= 11 is 0. The highest BCUT2D eigenvalue weighted by Crippen LogP contribution is 2.36. The number of ketones is 1. The van der Waals surface area contributed by atoms with E-state index in [2.05, 4.69) is 11.9 Å². The molecule has 1 amide bonds. The third-order valence-corrected chi connectivity index (χ3v) is 4.06. The standard InChI is InChI=1S/C17H21NO2/c1-2-11-17(12-7-6-10-15(17)19)13-18-16(20)14-8-4-3-5-9-14/h2-5,8-9H,1,6-7,10-13H2,(H,18,20)/t17-/m1/s1. The van der Waals surface area contributed by atoms with E-state index in [0.29, 0.717) is 24.9 Å². The molecule has 3 heteroatoms. The second kappa shape index (κ2) is 6.51. The van der Waals surface area contributed by atoms with Crippen molar-refractivity contribution in [1.82, 2.24) is 5.32 Å². The minimum atomic E-state index is -0.440. The predicted octanol–water partition coefficient (Wildman–Crippen LogP) is 3.12. The van der Waals surface area contributed by atoms with E-state index >= 15 is 0 Å². The Morgan fingerprint density at radius 2 is 2.05 bits per heavy atom. The van der Waals surface area contributed by atoms with E-state index < -0.39 is 5.41 Å². The van der Waals surface area contributed by atoms with Gasteiger partial charge in [-0.15, -0.1) is 6.58 Å². The second-order valence-corrected chi connectivity index (χ2v) is 5.45. The first-order chi connectivity index (χ1) is 9.68. The molecule has 2 rings (SSSR count). The number of amides is 1. The number of carbonyl (C=O) groups excluding carboxylic acids is 2. The van der Waals surface area contributed by atoms with Crippen LogP contribution in [0.1, 0.15) is 42.5 Å². The number of hydrogen-bond acceptors (Lipinski definition) is 2. The molecule has 3 nitrogen and oxygen atoms in total. The normalized spacial score (nSPS) is 22.3. The Morgan fingerprint density at radius 1 is 1.30 bits per heavy atom. The summed E-state index contributed by atoms with van der Waals surface area (Å²) in [5.74, 6) is 0.143. The van der Waals surface area contributed by atoms with Crippen LogP contribution in [0.2, 0.25) is 0 Å². The molecular weight excluding hydrogens is 250 g/mol. The van der Waals surface area contributed by atoms with Crippen molar-refractivity contribution in [3.8, 4) is 0 Å². The van der Waals surface area contributed by atoms with Crippen molar-refractivity contribution in [2.24, 2.45) is 5.41 Å². The fourth-order valence-electron chi connectivity index (χ4n) is 2.85. The third kappa shape index (κ3) is 3.16. The van der Waals surface area contributed by atoms with Gasteiger partial charge in [0.15, 0.2) is 0 Å². The van der Waals surface area contributed by atoms with Crippen molar-refractivity contribution in [2.45, 2.75) is 32.1 Å². The molecule has 0 aromatic heterocycles. The Morgan fingerprint density at radius 3 is 2.70 bits per heavy atom. The fourth-order valence-corrected chi connectivity index (χ4v) is 2.85. The van der Waals surface area contributed by atoms with E-state index in [1.54, 1.807) is 18.2 Å². The summed E-state index contributed by atoms with van der Waals surface area (Å²) < 4.78 is 0. The predicted molar refractivity (Wildman–Crippen MR) is 79.5 cm³/mol. The van der Waals surface area contributed by atoms with Crippen LogP contribution in [0.15, 0.2) is 43.0 Å². The van der Waals surface area contributed by atoms with Gasteiger partial charge in [0.05, 0.1) is 0 Å². The van der Waals surface area contributed by atoms with Crippen molar-refractivity contribution in [2.75, 3.05) is 6.54 Å². The van der Waals surface area contributed by atoms with Gasteiger partial charge in [-0.25, -0.2) is 0 Å². The largest absolute Gasteiger partial charge is 0.351 e. The number of allylic oxidation sites excluding steroid dienone is 1. The molecule has 1 N–H and O–H groups in total. The van der Waals surface area contributed by atoms with Crippen LogP contribution >= 0.6 is 0 Å². The van der Waals surface area contributed by atoms with Crippen LogP contribution in [0.25, 0.3) is 0 Å². The van der Waals surface area contributed by atoms with Crippen LogP contribution in [0.3, 0.4) is 0 Å². The molecule has 106 valence electrons. The maximum absolute atomic E-state index is 12.3. The first-order valence-electron chi connectivity index (χ1n) is 7.15. The van der Waals surface area contributed by atoms with E-state index in [1.807, 2.05) is 18.2 Å². The molecule has 1 saturated carbocycles. The Hall–Kier alpha value is -1.90. The van der Waals surface area contributed by atoms with Gasteiger partial charge < -0.3 is 5.32 Å². The zero-order chi connectivity index (χ0) is 14.4. The van der Waals surface area contributed by atoms with Crippen molar-refractivity contribution < 1.29 is 9.59 Å². The van der Waals surface area contributed by atoms with Gasteiger partial charge in [0.25, 0.3) is 5.91 Å². The molecule has 1 atom stereocenters. The average molecular weight is 271 g/mol. The molecule has 1 fully saturated rings. The topological polar surface area (TPSA) is 46.2 Å². The van der Waals surface area contributed by atoms with E-state index in [0.717, 1.165) is 19.3 Å². The molecule has 0 radical (unpaired) electrons. The molecule has 0 unspecified atom stereocenters. The lowest BCUT2D eigenvalue weighted by atomic mass is 9.70. The Balaban J connectivity index is 2.04. The minimum absolute atomic E-state index is 0.118. The highest BCUT2D eigenvalue weighted by Gasteiger charge is 2.38. The first-order valence-corrected chi connectivity index (χ1v) is 7.15. The lowest BCUT2D eigenvalue weighted by Crippen LogP contribution is -2.44. The van der Waals surface area contributed by atoms with E-state index in [4.69, 9.17) is 0 Å². The lowest BCUT2D eigenvalue weighted by molar-refractivity contribution is -0.130. The highest BCUT2D eigenvalue weighted by molar-refractivity contribution is 5.95. The lowest BCUT2D eigenvalue weighted by Gasteiger charge is -2.35. The summed E-state index contributed by atoms with van der Waals surface area (Å²) in [6.07, 6.45) is 5.89. The molecule has 0 heterocycles. The molecule has 1 aliphatic rings. The van der Waals surface area contributed by atoms with Crippen LogP contribution in [0.4, 0.5) is 0 Å². The maximum atomic E-state index is 12.3. The van der Waals surface area contributed by atoms with Gasteiger partial charge in [0, 0.05) is 23.9 Å². The second-order valence-electron chi connectivity index (χ2n) is 5.45. The van der Waals surface area contributed by atoms with E-state index in [1.165, 1.54) is 0 Å². The minimum Gasteiger partial charge on any atom is -0.351 e. The number of benzene rings is 1. The Kier molecular flexibility index (Phi) is 4.72. The molecule has 1 aliphatic carbocycles. The Bertz CT molecular complexity index is 495. The van der Waals surface area contributed by atoms with Crippen LogP contribution in [0, 0.1) is 5.41 Å². The van der Waals surface area contributed by atoms with Gasteiger partial charge in [-0.2, -0.15) is 0 Å². The average Bonchev–Trinajstić information content (AvgIpc) is 2.49. The van der Waals surface area contributed by atoms with Crippen molar-refractivity contribution in [3.63, 3.8) is 0 Å². The third-order valence-electron chi connectivity index (χ3n) is 4.06. The van der Waals surface area contributed by atoms with Crippen LogP contribution < -0.4 is 5.32 Å².